The van der Waals surface area contributed by atoms with E-state index in [0.29, 0.717) is 0 Å². The number of nitrogens with zero attached hydrogens (tertiary/aromatic N) is 2. The van der Waals surface area contributed by atoms with Crippen molar-refractivity contribution in [1.82, 2.24) is 15.5 Å². The van der Waals surface area contributed by atoms with Crippen LogP contribution in [0.5, 0.6) is 0 Å². The molecule has 0 aromatic carbocycles. The number of nitrogens with one attached hydrogen (secondary N) is 1. The standard InChI is InChI=1S/C11H13N3O/c1-5-12-6-2-10(1)3-7-13-9-11-4-8-15-14-11/h1-2,4-6,8,13H,3,7,9H2. The first kappa shape index (κ1) is 9.86. The molecule has 78 valence electrons. The van der Waals surface area contributed by atoms with Crippen molar-refractivity contribution in [1.29, 1.82) is 0 Å². The summed E-state index contributed by atoms with van der Waals surface area (Å²) in [6.07, 6.45) is 6.21. The molecule has 0 aliphatic heterocycles. The lowest BCUT2D eigenvalue weighted by molar-refractivity contribution is 0.408. The van der Waals surface area contributed by atoms with E-state index in [4.69, 9.17) is 4.52 Å². The van der Waals surface area contributed by atoms with Gasteiger partial charge in [0.1, 0.15) is 6.26 Å². The second-order valence-corrected chi connectivity index (χ2v) is 3.27. The summed E-state index contributed by atoms with van der Waals surface area (Å²) in [7, 11) is 0. The maximum Gasteiger partial charge on any atom is 0.124 e. The zero-order valence-corrected chi connectivity index (χ0v) is 8.39. The Morgan fingerprint density at radius 2 is 2.07 bits per heavy atom. The predicted molar refractivity (Wildman–Crippen MR) is 56.2 cm³/mol. The second-order valence-electron chi connectivity index (χ2n) is 3.27. The maximum atomic E-state index is 4.73. The summed E-state index contributed by atoms with van der Waals surface area (Å²) in [6.45, 7) is 1.68. The molecule has 0 fully saturated rings. The SMILES string of the molecule is c1cc(CCNCc2ccon2)ccn1. The Labute approximate surface area is 88.3 Å². The molecular formula is C11H13N3O. The minimum atomic E-state index is 0.752. The molecule has 2 heterocycles. The molecule has 0 spiro atoms. The summed E-state index contributed by atoms with van der Waals surface area (Å²) < 4.78 is 4.73. The number of hydrogen-bond acceptors (Lipinski definition) is 4. The van der Waals surface area contributed by atoms with Crippen molar-refractivity contribution in [3.8, 4) is 0 Å². The van der Waals surface area contributed by atoms with Gasteiger partial charge in [0.15, 0.2) is 0 Å². The predicted octanol–water partition coefficient (Wildman–Crippen LogP) is 1.40. The Balaban J connectivity index is 1.68. The Morgan fingerprint density at radius 3 is 2.80 bits per heavy atom. The van der Waals surface area contributed by atoms with E-state index in [2.05, 4.69) is 15.5 Å². The molecule has 0 amide bonds. The highest BCUT2D eigenvalue weighted by molar-refractivity contribution is 5.09. The van der Waals surface area contributed by atoms with Gasteiger partial charge in [0.25, 0.3) is 0 Å². The molecule has 1 N–H and O–H groups in total. The van der Waals surface area contributed by atoms with Crippen LogP contribution in [-0.4, -0.2) is 16.7 Å². The number of pyridine rings is 1. The molecule has 0 bridgehead atoms. The summed E-state index contributed by atoms with van der Waals surface area (Å²) in [5.74, 6) is 0. The van der Waals surface area contributed by atoms with Gasteiger partial charge in [-0.3, -0.25) is 4.98 Å². The van der Waals surface area contributed by atoms with Gasteiger partial charge in [0.2, 0.25) is 0 Å². The molecular weight excluding hydrogens is 190 g/mol. The molecule has 0 saturated carbocycles. The van der Waals surface area contributed by atoms with Crippen LogP contribution in [0.3, 0.4) is 0 Å². The number of hydrogen-bond donors (Lipinski definition) is 1. The normalized spacial score (nSPS) is 10.4. The first-order valence-corrected chi connectivity index (χ1v) is 4.94. The highest BCUT2D eigenvalue weighted by Crippen LogP contribution is 1.97. The highest BCUT2D eigenvalue weighted by Gasteiger charge is 1.95. The van der Waals surface area contributed by atoms with E-state index in [-0.39, 0.29) is 0 Å². The summed E-state index contributed by atoms with van der Waals surface area (Å²) in [4.78, 5) is 3.97. The van der Waals surface area contributed by atoms with Crippen LogP contribution in [0, 0.1) is 0 Å². The first-order valence-electron chi connectivity index (χ1n) is 4.94. The number of aromatic nitrogens is 2. The van der Waals surface area contributed by atoms with E-state index >= 15 is 0 Å². The molecule has 0 radical (unpaired) electrons. The van der Waals surface area contributed by atoms with Crippen LogP contribution in [0.2, 0.25) is 0 Å². The van der Waals surface area contributed by atoms with Gasteiger partial charge in [-0.05, 0) is 30.7 Å². The van der Waals surface area contributed by atoms with Crippen molar-refractivity contribution < 1.29 is 4.52 Å². The maximum absolute atomic E-state index is 4.73. The van der Waals surface area contributed by atoms with Gasteiger partial charge >= 0.3 is 0 Å². The molecule has 15 heavy (non-hydrogen) atoms. The molecule has 0 saturated heterocycles. The van der Waals surface area contributed by atoms with E-state index in [1.54, 1.807) is 6.26 Å². The Bertz CT molecular complexity index is 372. The summed E-state index contributed by atoms with van der Waals surface area (Å²) >= 11 is 0. The van der Waals surface area contributed by atoms with Gasteiger partial charge in [-0.2, -0.15) is 0 Å². The fourth-order valence-corrected chi connectivity index (χ4v) is 1.33. The van der Waals surface area contributed by atoms with Gasteiger partial charge in [-0.15, -0.1) is 0 Å². The smallest absolute Gasteiger partial charge is 0.124 e. The van der Waals surface area contributed by atoms with Crippen LogP contribution < -0.4 is 5.32 Å². The first-order chi connectivity index (χ1) is 7.45. The molecule has 4 heteroatoms. The summed E-state index contributed by atoms with van der Waals surface area (Å²) in [6, 6.07) is 5.91. The summed E-state index contributed by atoms with van der Waals surface area (Å²) in [5, 5.41) is 7.11. The molecule has 2 aromatic heterocycles. The van der Waals surface area contributed by atoms with Crippen molar-refractivity contribution in [3.63, 3.8) is 0 Å². The van der Waals surface area contributed by atoms with Crippen LogP contribution in [-0.2, 0) is 13.0 Å². The van der Waals surface area contributed by atoms with Crippen molar-refractivity contribution in [3.05, 3.63) is 48.1 Å². The van der Waals surface area contributed by atoms with E-state index in [0.717, 1.165) is 25.2 Å². The lowest BCUT2D eigenvalue weighted by Gasteiger charge is -2.01. The summed E-state index contributed by atoms with van der Waals surface area (Å²) in [5.41, 5.74) is 2.22. The van der Waals surface area contributed by atoms with Gasteiger partial charge in [-0.25, -0.2) is 0 Å². The van der Waals surface area contributed by atoms with Crippen LogP contribution in [0.15, 0.2) is 41.4 Å². The van der Waals surface area contributed by atoms with E-state index in [9.17, 15) is 0 Å². The van der Waals surface area contributed by atoms with Gasteiger partial charge < -0.3 is 9.84 Å². The fraction of sp³-hybridized carbons (Fsp3) is 0.273. The quantitative estimate of drug-likeness (QED) is 0.746. The Kier molecular flexibility index (Phi) is 3.46. The van der Waals surface area contributed by atoms with Crippen molar-refractivity contribution in [2.75, 3.05) is 6.54 Å². The average Bonchev–Trinajstić information content (AvgIpc) is 2.79. The van der Waals surface area contributed by atoms with Crippen LogP contribution in [0.1, 0.15) is 11.3 Å². The van der Waals surface area contributed by atoms with E-state index in [1.807, 2.05) is 30.6 Å². The molecule has 2 rings (SSSR count). The van der Waals surface area contributed by atoms with E-state index < -0.39 is 0 Å². The van der Waals surface area contributed by atoms with Gasteiger partial charge in [0.05, 0.1) is 5.69 Å². The molecule has 0 aliphatic carbocycles. The van der Waals surface area contributed by atoms with Crippen molar-refractivity contribution in [2.24, 2.45) is 0 Å². The van der Waals surface area contributed by atoms with Crippen LogP contribution in [0.4, 0.5) is 0 Å². The Morgan fingerprint density at radius 1 is 1.20 bits per heavy atom. The molecule has 0 atom stereocenters. The topological polar surface area (TPSA) is 51.0 Å². The number of rotatable bonds is 5. The zero-order chi connectivity index (χ0) is 10.3. The molecule has 0 aliphatic rings. The lowest BCUT2D eigenvalue weighted by Crippen LogP contribution is -2.16. The second kappa shape index (κ2) is 5.26. The minimum absolute atomic E-state index is 0.752. The average molecular weight is 203 g/mol. The van der Waals surface area contributed by atoms with Crippen molar-refractivity contribution >= 4 is 0 Å². The lowest BCUT2D eigenvalue weighted by atomic mass is 10.2. The third-order valence-electron chi connectivity index (χ3n) is 2.14. The molecule has 0 unspecified atom stereocenters. The van der Waals surface area contributed by atoms with E-state index in [1.165, 1.54) is 5.56 Å². The third-order valence-corrected chi connectivity index (χ3v) is 2.14. The zero-order valence-electron chi connectivity index (χ0n) is 8.39. The monoisotopic (exact) mass is 203 g/mol. The van der Waals surface area contributed by atoms with Crippen molar-refractivity contribution in [2.45, 2.75) is 13.0 Å². The van der Waals surface area contributed by atoms with Crippen LogP contribution >= 0.6 is 0 Å². The van der Waals surface area contributed by atoms with Crippen LogP contribution in [0.25, 0.3) is 0 Å². The van der Waals surface area contributed by atoms with Gasteiger partial charge in [0, 0.05) is 25.0 Å². The molecule has 2 aromatic rings. The van der Waals surface area contributed by atoms with Gasteiger partial charge in [-0.1, -0.05) is 5.16 Å². The largest absolute Gasteiger partial charge is 0.364 e. The third kappa shape index (κ3) is 3.18. The highest BCUT2D eigenvalue weighted by atomic mass is 16.5. The molecule has 4 nitrogen and oxygen atoms in total. The Hall–Kier alpha value is -1.68. The minimum Gasteiger partial charge on any atom is -0.364 e. The fourth-order valence-electron chi connectivity index (χ4n) is 1.33.